The van der Waals surface area contributed by atoms with Crippen molar-refractivity contribution < 1.29 is 19.0 Å². The highest BCUT2D eigenvalue weighted by Gasteiger charge is 2.47. The van der Waals surface area contributed by atoms with Gasteiger partial charge in [-0.2, -0.15) is 0 Å². The van der Waals surface area contributed by atoms with Gasteiger partial charge in [-0.05, 0) is 31.6 Å². The number of carbonyl (C=O) groups excluding carboxylic acids is 1. The highest BCUT2D eigenvalue weighted by molar-refractivity contribution is 6.31. The Morgan fingerprint density at radius 2 is 2.12 bits per heavy atom. The lowest BCUT2D eigenvalue weighted by Gasteiger charge is -2.32. The first-order valence-electron chi connectivity index (χ1n) is 11.2. The predicted octanol–water partition coefficient (Wildman–Crippen LogP) is 5.04. The quantitative estimate of drug-likeness (QED) is 0.341. The summed E-state index contributed by atoms with van der Waals surface area (Å²) in [4.78, 5) is 29.9. The number of ether oxygens (including phenoxy) is 3. The number of hydrogen-bond donors (Lipinski definition) is 0. The molecule has 1 aliphatic heterocycles. The van der Waals surface area contributed by atoms with Crippen LogP contribution >= 0.6 is 11.6 Å². The van der Waals surface area contributed by atoms with Gasteiger partial charge in [-0.25, -0.2) is 9.78 Å². The molecule has 1 fully saturated rings. The molecule has 0 amide bonds. The molecule has 1 aliphatic carbocycles. The van der Waals surface area contributed by atoms with Crippen molar-refractivity contribution >= 4 is 17.6 Å². The molecule has 4 rings (SSSR count). The number of esters is 1. The number of nitrogens with zero attached hydrogens (tertiary/aromatic N) is 2. The van der Waals surface area contributed by atoms with E-state index in [0.29, 0.717) is 29.5 Å². The van der Waals surface area contributed by atoms with Crippen molar-refractivity contribution in [3.63, 3.8) is 0 Å². The largest absolute Gasteiger partial charge is 0.490 e. The highest BCUT2D eigenvalue weighted by Crippen LogP contribution is 2.52. The average molecular weight is 461 g/mol. The van der Waals surface area contributed by atoms with Crippen LogP contribution in [0.4, 0.5) is 0 Å². The zero-order valence-electron chi connectivity index (χ0n) is 18.9. The minimum Gasteiger partial charge on any atom is -0.490 e. The van der Waals surface area contributed by atoms with Gasteiger partial charge in [-0.15, -0.1) is 0 Å². The Bertz CT molecular complexity index is 1090. The van der Waals surface area contributed by atoms with E-state index in [2.05, 4.69) is 25.8 Å². The van der Waals surface area contributed by atoms with E-state index in [1.54, 1.807) is 19.2 Å². The third-order valence-electron chi connectivity index (χ3n) is 6.29. The number of halogens is 1. The van der Waals surface area contributed by atoms with Crippen LogP contribution in [-0.2, 0) is 4.74 Å². The maximum Gasteiger partial charge on any atom is 0.343 e. The summed E-state index contributed by atoms with van der Waals surface area (Å²) in [5.74, 6) is 0.367. The summed E-state index contributed by atoms with van der Waals surface area (Å²) in [5, 5.41) is 0.211. The van der Waals surface area contributed by atoms with Gasteiger partial charge in [-0.3, -0.25) is 4.79 Å². The number of pyridine rings is 2. The van der Waals surface area contributed by atoms with Crippen molar-refractivity contribution in [3.05, 3.63) is 39.3 Å². The summed E-state index contributed by atoms with van der Waals surface area (Å²) in [6, 6.07) is 3.11. The SMILES string of the molecule is CCCCOc1cc2c(nc1Cl)-c1cc(=O)c(C(=O)OCC)cn1C1C(CCC1(C)C)O2. The Morgan fingerprint density at radius 3 is 2.84 bits per heavy atom. The third kappa shape index (κ3) is 3.98. The fraction of sp³-hybridized carbons (Fsp3) is 0.542. The summed E-state index contributed by atoms with van der Waals surface area (Å²) >= 11 is 6.45. The molecule has 0 aromatic carbocycles. The lowest BCUT2D eigenvalue weighted by molar-refractivity contribution is 0.0522. The van der Waals surface area contributed by atoms with Crippen molar-refractivity contribution in [2.24, 2.45) is 5.41 Å². The molecule has 2 aromatic heterocycles. The van der Waals surface area contributed by atoms with Gasteiger partial charge in [0.1, 0.15) is 17.4 Å². The summed E-state index contributed by atoms with van der Waals surface area (Å²) in [6.45, 7) is 8.87. The molecule has 0 radical (unpaired) electrons. The zero-order chi connectivity index (χ0) is 23.0. The van der Waals surface area contributed by atoms with Crippen LogP contribution in [0.1, 0.15) is 69.8 Å². The number of carbonyl (C=O) groups is 1. The van der Waals surface area contributed by atoms with Gasteiger partial charge < -0.3 is 18.8 Å². The lowest BCUT2D eigenvalue weighted by Crippen LogP contribution is -2.33. The second kappa shape index (κ2) is 8.77. The van der Waals surface area contributed by atoms with E-state index in [0.717, 1.165) is 25.7 Å². The molecule has 0 saturated heterocycles. The normalized spacial score (nSPS) is 20.4. The third-order valence-corrected chi connectivity index (χ3v) is 6.56. The Kier molecular flexibility index (Phi) is 6.21. The molecule has 0 N–H and O–H groups in total. The van der Waals surface area contributed by atoms with Gasteiger partial charge >= 0.3 is 5.97 Å². The van der Waals surface area contributed by atoms with E-state index in [-0.39, 0.29) is 34.9 Å². The Labute approximate surface area is 192 Å². The molecular weight excluding hydrogens is 432 g/mol. The molecule has 2 aliphatic rings. The minimum atomic E-state index is -0.629. The van der Waals surface area contributed by atoms with E-state index in [4.69, 9.17) is 25.8 Å². The molecule has 32 heavy (non-hydrogen) atoms. The van der Waals surface area contributed by atoms with E-state index in [1.165, 1.54) is 6.07 Å². The van der Waals surface area contributed by atoms with Crippen LogP contribution in [0.5, 0.6) is 11.5 Å². The number of fused-ring (bicyclic) bond motifs is 5. The minimum absolute atomic E-state index is 0.00566. The zero-order valence-corrected chi connectivity index (χ0v) is 19.7. The molecular formula is C24H29ClN2O5. The summed E-state index contributed by atoms with van der Waals surface area (Å²) < 4.78 is 19.3. The molecule has 0 bridgehead atoms. The molecule has 7 nitrogen and oxygen atoms in total. The van der Waals surface area contributed by atoms with Gasteiger partial charge in [0, 0.05) is 18.3 Å². The van der Waals surface area contributed by atoms with Crippen molar-refractivity contribution in [1.29, 1.82) is 0 Å². The average Bonchev–Trinajstić information content (AvgIpc) is 2.96. The van der Waals surface area contributed by atoms with Crippen LogP contribution in [0, 0.1) is 5.41 Å². The molecule has 172 valence electrons. The maximum absolute atomic E-state index is 12.9. The van der Waals surface area contributed by atoms with Gasteiger partial charge in [0.2, 0.25) is 0 Å². The molecule has 1 saturated carbocycles. The first-order valence-corrected chi connectivity index (χ1v) is 11.6. The van der Waals surface area contributed by atoms with Crippen molar-refractivity contribution in [3.8, 4) is 22.9 Å². The monoisotopic (exact) mass is 460 g/mol. The Morgan fingerprint density at radius 1 is 1.34 bits per heavy atom. The van der Waals surface area contributed by atoms with Crippen LogP contribution in [0.3, 0.4) is 0 Å². The van der Waals surface area contributed by atoms with Crippen molar-refractivity contribution in [1.82, 2.24) is 9.55 Å². The van der Waals surface area contributed by atoms with Crippen LogP contribution in [0.25, 0.3) is 11.4 Å². The smallest absolute Gasteiger partial charge is 0.343 e. The second-order valence-electron chi connectivity index (χ2n) is 9.02. The first kappa shape index (κ1) is 22.6. The second-order valence-corrected chi connectivity index (χ2v) is 9.38. The number of aromatic nitrogens is 2. The first-order chi connectivity index (χ1) is 15.3. The van der Waals surface area contributed by atoms with E-state index in [9.17, 15) is 9.59 Å². The van der Waals surface area contributed by atoms with Crippen LogP contribution in [0.2, 0.25) is 5.15 Å². The van der Waals surface area contributed by atoms with Gasteiger partial charge in [0.25, 0.3) is 0 Å². The number of rotatable bonds is 6. The maximum atomic E-state index is 12.9. The van der Waals surface area contributed by atoms with Crippen LogP contribution < -0.4 is 14.9 Å². The summed E-state index contributed by atoms with van der Waals surface area (Å²) in [5.41, 5.74) is 0.507. The molecule has 2 atom stereocenters. The van der Waals surface area contributed by atoms with Crippen LogP contribution in [-0.4, -0.2) is 34.8 Å². The van der Waals surface area contributed by atoms with Crippen molar-refractivity contribution in [2.75, 3.05) is 13.2 Å². The number of hydrogen-bond acceptors (Lipinski definition) is 6. The molecule has 2 aromatic rings. The van der Waals surface area contributed by atoms with E-state index in [1.807, 2.05) is 4.57 Å². The fourth-order valence-corrected chi connectivity index (χ4v) is 4.85. The Balaban J connectivity index is 1.89. The standard InChI is InChI=1S/C24H29ClN2O5/c1-5-7-10-31-19-12-18-20(26-22(19)25)15-11-16(28)14(23(29)30-6-2)13-27(15)21-17(32-18)8-9-24(21,3)4/h11-13,17,21H,5-10H2,1-4H3. The van der Waals surface area contributed by atoms with Crippen molar-refractivity contribution in [2.45, 2.75) is 65.5 Å². The topological polar surface area (TPSA) is 79.6 Å². The van der Waals surface area contributed by atoms with E-state index >= 15 is 0 Å². The van der Waals surface area contributed by atoms with Gasteiger partial charge in [-0.1, -0.05) is 38.8 Å². The number of unbranched alkanes of at least 4 members (excludes halogenated alkanes) is 1. The fourth-order valence-electron chi connectivity index (χ4n) is 4.65. The summed E-state index contributed by atoms with van der Waals surface area (Å²) in [7, 11) is 0. The molecule has 8 heteroatoms. The van der Waals surface area contributed by atoms with E-state index < -0.39 is 11.4 Å². The van der Waals surface area contributed by atoms with Crippen LogP contribution in [0.15, 0.2) is 23.1 Å². The van der Waals surface area contributed by atoms with Gasteiger partial charge in [0.15, 0.2) is 22.1 Å². The van der Waals surface area contributed by atoms with Gasteiger partial charge in [0.05, 0.1) is 24.9 Å². The summed E-state index contributed by atoms with van der Waals surface area (Å²) in [6.07, 6.45) is 5.14. The molecule has 0 spiro atoms. The lowest BCUT2D eigenvalue weighted by atomic mass is 9.86. The highest BCUT2D eigenvalue weighted by atomic mass is 35.5. The molecule has 2 unspecified atom stereocenters. The molecule has 3 heterocycles. The predicted molar refractivity (Wildman–Crippen MR) is 122 cm³/mol. The Hall–Kier alpha value is -2.54.